The van der Waals surface area contributed by atoms with Gasteiger partial charge in [-0.2, -0.15) is 0 Å². The number of esters is 1. The molecule has 4 saturated heterocycles. The molecule has 2 aromatic rings. The Kier molecular flexibility index (Phi) is 19.0. The van der Waals surface area contributed by atoms with Gasteiger partial charge in [-0.3, -0.25) is 9.69 Å². The quantitative estimate of drug-likeness (QED) is 0.181. The number of aliphatic hydroxyl groups is 5. The van der Waals surface area contributed by atoms with Gasteiger partial charge in [-0.15, -0.1) is 5.10 Å². The maximum Gasteiger partial charge on any atom is 0.414 e. The van der Waals surface area contributed by atoms with Crippen molar-refractivity contribution in [3.8, 4) is 0 Å². The van der Waals surface area contributed by atoms with Crippen molar-refractivity contribution in [2.24, 2.45) is 17.8 Å². The zero-order valence-corrected chi connectivity index (χ0v) is 44.5. The number of methoxy groups -OCH3 is 1. The summed E-state index contributed by atoms with van der Waals surface area (Å²) >= 11 is 0. The molecule has 0 unspecified atom stereocenters. The molecule has 408 valence electrons. The Labute approximate surface area is 423 Å². The first-order valence-electron chi connectivity index (χ1n) is 25.6. The summed E-state index contributed by atoms with van der Waals surface area (Å²) in [5.41, 5.74) is -3.38. The second-order valence-electron chi connectivity index (χ2n) is 22.0. The molecule has 4 fully saturated rings. The molecule has 1 amide bonds. The van der Waals surface area contributed by atoms with Gasteiger partial charge in [0.15, 0.2) is 12.6 Å². The largest absolute Gasteiger partial charge is 0.459 e. The number of hydrogen-bond acceptors (Lipinski definition) is 18. The summed E-state index contributed by atoms with van der Waals surface area (Å²) in [6.07, 6.45) is -8.17. The topological polar surface area (TPSA) is 240 Å². The lowest BCUT2D eigenvalue weighted by atomic mass is 9.77. The Balaban J connectivity index is 1.23. The summed E-state index contributed by atoms with van der Waals surface area (Å²) in [5, 5.41) is 68.3. The van der Waals surface area contributed by atoms with E-state index in [4.69, 9.17) is 33.2 Å². The van der Waals surface area contributed by atoms with Gasteiger partial charge in [0.25, 0.3) is 0 Å². The van der Waals surface area contributed by atoms with Gasteiger partial charge in [-0.1, -0.05) is 26.0 Å². The van der Waals surface area contributed by atoms with Crippen molar-refractivity contribution in [3.05, 3.63) is 42.0 Å². The second kappa shape index (κ2) is 23.6. The molecule has 0 aliphatic carbocycles. The number of cyclic esters (lactones) is 2. The second-order valence-corrected chi connectivity index (χ2v) is 22.0. The van der Waals surface area contributed by atoms with E-state index >= 15 is 0 Å². The number of likely N-dealkylation sites (N-methyl/N-ethyl adjacent to an activating group) is 2. The summed E-state index contributed by atoms with van der Waals surface area (Å²) in [7, 11) is 5.21. The molecule has 20 nitrogen and oxygen atoms in total. The van der Waals surface area contributed by atoms with Gasteiger partial charge < -0.3 is 68.5 Å². The molecule has 1 aromatic carbocycles. The van der Waals surface area contributed by atoms with Crippen LogP contribution >= 0.6 is 0 Å². The number of nitrogens with zero attached hydrogens (tertiary/aromatic N) is 6. The maximum atomic E-state index is 14.5. The minimum absolute atomic E-state index is 0.0848. The molecule has 21 heteroatoms. The Hall–Kier alpha value is -3.45. The maximum absolute atomic E-state index is 14.5. The molecular formula is C51H83FN6O14. The first-order valence-corrected chi connectivity index (χ1v) is 25.6. The number of rotatable bonds is 13. The third kappa shape index (κ3) is 13.1. The fourth-order valence-electron chi connectivity index (χ4n) is 11.3. The lowest BCUT2D eigenvalue weighted by Crippen LogP contribution is -2.61. The van der Waals surface area contributed by atoms with Gasteiger partial charge in [0.2, 0.25) is 0 Å². The zero-order valence-electron chi connectivity index (χ0n) is 44.5. The van der Waals surface area contributed by atoms with E-state index in [0.717, 1.165) is 0 Å². The number of anilines is 1. The number of carbonyl (C=O) groups excluding carboxylic acids is 2. The normalized spacial score (nSPS) is 41.2. The van der Waals surface area contributed by atoms with Crippen LogP contribution in [0.4, 0.5) is 14.9 Å². The minimum atomic E-state index is -1.85. The van der Waals surface area contributed by atoms with Crippen LogP contribution in [-0.4, -0.2) is 200 Å². The van der Waals surface area contributed by atoms with E-state index in [1.807, 2.05) is 37.7 Å². The highest BCUT2D eigenvalue weighted by Crippen LogP contribution is 2.40. The van der Waals surface area contributed by atoms with E-state index in [9.17, 15) is 39.5 Å². The standard InChI is InChI=1S/C51H83FN6O14/c1-14-39-51(10,65)43(60)32(6)56(12)24-28(2)22-49(8,64)45(30(4)42(31(5)46(62)70-39)71-40-23-50(9,66-13)44(61)33(7)68-40)72-47-41(59)38(21-29(3)67-47)55(11)20-19-35-25-57(54-53-35)26-37-27-58(48(63)69-37)36-17-15-34(52)16-18-36/h15-18,25,28-33,37-45,47,59-61,64-65H,14,19-24,26-27H2,1-13H3/t28-,29-,30+,31-,32-,33+,37+,38+,39-,40+,41-,42+,43-,44+,45-,47+,49-,50-,51-/m1/s1. The van der Waals surface area contributed by atoms with E-state index in [0.29, 0.717) is 37.3 Å². The molecule has 5 N–H and O–H groups in total. The molecule has 1 aromatic heterocycles. The molecule has 19 atom stereocenters. The predicted octanol–water partition coefficient (Wildman–Crippen LogP) is 3.27. The van der Waals surface area contributed by atoms with E-state index in [1.165, 1.54) is 43.2 Å². The Morgan fingerprint density at radius 3 is 2.26 bits per heavy atom. The predicted molar refractivity (Wildman–Crippen MR) is 261 cm³/mol. The molecule has 5 heterocycles. The van der Waals surface area contributed by atoms with Gasteiger partial charge in [0.1, 0.15) is 41.9 Å². The Morgan fingerprint density at radius 1 is 0.931 bits per heavy atom. The van der Waals surface area contributed by atoms with Crippen LogP contribution < -0.4 is 4.90 Å². The van der Waals surface area contributed by atoms with Crippen LogP contribution in [0, 0.1) is 23.6 Å². The minimum Gasteiger partial charge on any atom is -0.459 e. The van der Waals surface area contributed by atoms with E-state index in [-0.39, 0.29) is 38.3 Å². The number of ether oxygens (including phenoxy) is 7. The lowest BCUT2D eigenvalue weighted by molar-refractivity contribution is -0.318. The highest BCUT2D eigenvalue weighted by molar-refractivity contribution is 5.89. The number of halogens is 1. The highest BCUT2D eigenvalue weighted by Gasteiger charge is 2.53. The summed E-state index contributed by atoms with van der Waals surface area (Å²) in [6, 6.07) is 4.56. The van der Waals surface area contributed by atoms with Crippen molar-refractivity contribution in [1.29, 1.82) is 0 Å². The summed E-state index contributed by atoms with van der Waals surface area (Å²) < 4.78 is 58.9. The number of hydrogen-bond donors (Lipinski definition) is 5. The van der Waals surface area contributed by atoms with E-state index in [1.54, 1.807) is 59.3 Å². The van der Waals surface area contributed by atoms with E-state index in [2.05, 4.69) is 10.3 Å². The van der Waals surface area contributed by atoms with Crippen molar-refractivity contribution < 1.29 is 72.7 Å². The average Bonchev–Trinajstić information content (AvgIpc) is 3.94. The number of carbonyl (C=O) groups is 2. The lowest BCUT2D eigenvalue weighted by Gasteiger charge is -2.49. The first kappa shape index (κ1) is 57.8. The van der Waals surface area contributed by atoms with Crippen molar-refractivity contribution in [1.82, 2.24) is 24.8 Å². The number of aliphatic hydroxyl groups excluding tert-OH is 3. The smallest absolute Gasteiger partial charge is 0.414 e. The fourth-order valence-corrected chi connectivity index (χ4v) is 11.3. The zero-order chi connectivity index (χ0) is 53.2. The van der Waals surface area contributed by atoms with Gasteiger partial charge in [0.05, 0.1) is 60.3 Å². The van der Waals surface area contributed by atoms with Crippen LogP contribution in [0.2, 0.25) is 0 Å². The summed E-state index contributed by atoms with van der Waals surface area (Å²) in [6.45, 7) is 18.8. The molecule has 0 bridgehead atoms. The molecule has 4 aliphatic heterocycles. The molecule has 4 aliphatic rings. The Morgan fingerprint density at radius 2 is 1.61 bits per heavy atom. The average molecular weight is 1020 g/mol. The summed E-state index contributed by atoms with van der Waals surface area (Å²) in [4.78, 5) is 32.5. The van der Waals surface area contributed by atoms with Crippen molar-refractivity contribution in [2.75, 3.05) is 45.7 Å². The van der Waals surface area contributed by atoms with Gasteiger partial charge in [-0.05, 0) is 112 Å². The molecular weight excluding hydrogens is 940 g/mol. The van der Waals surface area contributed by atoms with Gasteiger partial charge in [-0.25, -0.2) is 13.9 Å². The Bertz CT molecular complexity index is 2090. The van der Waals surface area contributed by atoms with Crippen LogP contribution in [0.25, 0.3) is 0 Å². The van der Waals surface area contributed by atoms with Crippen LogP contribution in [0.15, 0.2) is 30.5 Å². The van der Waals surface area contributed by atoms with Crippen molar-refractivity contribution in [2.45, 2.75) is 204 Å². The van der Waals surface area contributed by atoms with Crippen LogP contribution in [-0.2, 0) is 50.9 Å². The fraction of sp³-hybridized carbons (Fsp3) is 0.804. The molecule has 72 heavy (non-hydrogen) atoms. The monoisotopic (exact) mass is 1020 g/mol. The van der Waals surface area contributed by atoms with Crippen molar-refractivity contribution in [3.63, 3.8) is 0 Å². The van der Waals surface area contributed by atoms with Gasteiger partial charge >= 0.3 is 12.1 Å². The number of amides is 1. The van der Waals surface area contributed by atoms with Crippen LogP contribution in [0.3, 0.4) is 0 Å². The van der Waals surface area contributed by atoms with E-state index < -0.39 is 126 Å². The third-order valence-electron chi connectivity index (χ3n) is 15.8. The molecule has 0 saturated carbocycles. The van der Waals surface area contributed by atoms with Crippen LogP contribution in [0.1, 0.15) is 101 Å². The SMILES string of the molecule is CC[C@H]1OC(=O)[C@H](C)[C@@H](O[C@H]2C[C@@](C)(OC)[C@@H](O)[C@H](C)O2)[C@H](C)[C@@H](O[C@@H]2O[C@H](C)C[C@H](N(C)CCc3cn(C[C@H]4CN(c5ccc(F)cc5)C(=O)O4)nn3)[C@H]2O)[C@](C)(O)C[C@@H](C)CN(C)[C@H](C)[C@@H](O)[C@]1(C)O. The number of aromatic nitrogens is 3. The van der Waals surface area contributed by atoms with Crippen molar-refractivity contribution >= 4 is 17.7 Å². The van der Waals surface area contributed by atoms with Crippen LogP contribution in [0.5, 0.6) is 0 Å². The number of benzene rings is 1. The highest BCUT2D eigenvalue weighted by atomic mass is 19.1. The summed E-state index contributed by atoms with van der Waals surface area (Å²) in [5.74, 6) is -3.27. The molecule has 0 radical (unpaired) electrons. The van der Waals surface area contributed by atoms with Gasteiger partial charge in [0, 0.05) is 62.9 Å². The molecule has 0 spiro atoms. The first-order chi connectivity index (χ1) is 33.7. The molecule has 6 rings (SSSR count). The third-order valence-corrected chi connectivity index (χ3v) is 15.8.